The van der Waals surface area contributed by atoms with E-state index < -0.39 is 5.25 Å². The summed E-state index contributed by atoms with van der Waals surface area (Å²) in [6.45, 7) is 0.402. The molecule has 1 atom stereocenters. The van der Waals surface area contributed by atoms with Crippen LogP contribution in [-0.4, -0.2) is 47.9 Å². The maximum absolute atomic E-state index is 13.3. The lowest BCUT2D eigenvalue weighted by atomic mass is 10.1. The van der Waals surface area contributed by atoms with Crippen molar-refractivity contribution in [1.82, 2.24) is 4.90 Å². The first-order chi connectivity index (χ1) is 17.9. The summed E-state index contributed by atoms with van der Waals surface area (Å²) >= 11 is 9.52. The molecule has 3 aromatic rings. The lowest BCUT2D eigenvalue weighted by Gasteiger charge is -2.32. The van der Waals surface area contributed by atoms with Crippen LogP contribution < -0.4 is 14.8 Å². The number of hydrogen-bond acceptors (Lipinski definition) is 6. The van der Waals surface area contributed by atoms with Gasteiger partial charge < -0.3 is 14.8 Å². The molecule has 0 aromatic heterocycles. The third-order valence-corrected chi connectivity index (χ3v) is 7.83. The van der Waals surface area contributed by atoms with E-state index in [0.717, 1.165) is 9.13 Å². The van der Waals surface area contributed by atoms with Crippen LogP contribution in [0.25, 0.3) is 0 Å². The van der Waals surface area contributed by atoms with Crippen LogP contribution in [0.1, 0.15) is 12.0 Å². The highest BCUT2D eigenvalue weighted by molar-refractivity contribution is 14.1. The molecule has 7 nitrogen and oxygen atoms in total. The van der Waals surface area contributed by atoms with E-state index in [1.54, 1.807) is 43.4 Å². The van der Waals surface area contributed by atoms with Crippen molar-refractivity contribution >= 4 is 74.3 Å². The molecular formula is C27H25ClIN3O4S. The summed E-state index contributed by atoms with van der Waals surface area (Å²) in [5.41, 5.74) is 2.32. The predicted octanol–water partition coefficient (Wildman–Crippen LogP) is 6.16. The Morgan fingerprint density at radius 3 is 2.46 bits per heavy atom. The number of thioether (sulfide) groups is 1. The van der Waals surface area contributed by atoms with Crippen molar-refractivity contribution in [2.24, 2.45) is 4.99 Å². The molecule has 0 radical (unpaired) electrons. The number of nitrogens with one attached hydrogen (secondary N) is 1. The standard InChI is InChI=1S/C27H25ClIN3O4S/c1-35-22-12-3-17(15-23(22)36-2)13-14-32-25(33)16-24(26(34)30-20-10-6-19(29)7-11-20)37-27(32)31-21-8-4-18(28)5-9-21/h3-12,15,24H,13-14,16H2,1-2H3,(H,30,34)/t24-/m0/s1. The van der Waals surface area contributed by atoms with Gasteiger partial charge in [-0.05, 0) is 95.2 Å². The second kappa shape index (κ2) is 12.7. The van der Waals surface area contributed by atoms with Gasteiger partial charge in [0, 0.05) is 27.2 Å². The van der Waals surface area contributed by atoms with Crippen molar-refractivity contribution in [2.75, 3.05) is 26.1 Å². The Bertz CT molecular complexity index is 1300. The Labute approximate surface area is 238 Å². The van der Waals surface area contributed by atoms with Crippen molar-refractivity contribution in [1.29, 1.82) is 0 Å². The van der Waals surface area contributed by atoms with Gasteiger partial charge in [-0.25, -0.2) is 4.99 Å². The van der Waals surface area contributed by atoms with Crippen LogP contribution in [-0.2, 0) is 16.0 Å². The van der Waals surface area contributed by atoms with E-state index in [2.05, 4.69) is 27.9 Å². The molecule has 37 heavy (non-hydrogen) atoms. The number of halogens is 2. The number of hydrogen-bond donors (Lipinski definition) is 1. The summed E-state index contributed by atoms with van der Waals surface area (Å²) < 4.78 is 11.8. The lowest BCUT2D eigenvalue weighted by Crippen LogP contribution is -2.46. The average Bonchev–Trinajstić information content (AvgIpc) is 2.90. The second-order valence-corrected chi connectivity index (χ2v) is 11.0. The summed E-state index contributed by atoms with van der Waals surface area (Å²) in [5, 5.41) is 3.38. The minimum atomic E-state index is -0.602. The number of aliphatic imine (C=N–C) groups is 1. The molecule has 2 amide bonds. The summed E-state index contributed by atoms with van der Waals surface area (Å²) in [5.74, 6) is 0.877. The van der Waals surface area contributed by atoms with E-state index in [9.17, 15) is 9.59 Å². The van der Waals surface area contributed by atoms with E-state index >= 15 is 0 Å². The molecular weight excluding hydrogens is 625 g/mol. The first-order valence-electron chi connectivity index (χ1n) is 11.4. The molecule has 1 fully saturated rings. The van der Waals surface area contributed by atoms with Crippen molar-refractivity contribution in [2.45, 2.75) is 18.1 Å². The van der Waals surface area contributed by atoms with Crippen LogP contribution in [0.15, 0.2) is 71.7 Å². The van der Waals surface area contributed by atoms with Gasteiger partial charge >= 0.3 is 0 Å². The maximum Gasteiger partial charge on any atom is 0.238 e. The smallest absolute Gasteiger partial charge is 0.238 e. The fraction of sp³-hybridized carbons (Fsp3) is 0.222. The molecule has 1 aliphatic rings. The van der Waals surface area contributed by atoms with E-state index in [1.165, 1.54) is 11.8 Å². The highest BCUT2D eigenvalue weighted by Gasteiger charge is 2.35. The molecule has 0 bridgehead atoms. The molecule has 0 spiro atoms. The Hall–Kier alpha value is -2.76. The number of methoxy groups -OCH3 is 2. The Morgan fingerprint density at radius 2 is 1.78 bits per heavy atom. The fourth-order valence-corrected chi connectivity index (χ4v) is 5.33. The van der Waals surface area contributed by atoms with Gasteiger partial charge in [0.15, 0.2) is 16.7 Å². The summed E-state index contributed by atoms with van der Waals surface area (Å²) in [6.07, 6.45) is 0.651. The molecule has 1 saturated heterocycles. The van der Waals surface area contributed by atoms with Crippen LogP contribution in [0.2, 0.25) is 5.02 Å². The zero-order valence-corrected chi connectivity index (χ0v) is 24.0. The van der Waals surface area contributed by atoms with Crippen LogP contribution in [0.3, 0.4) is 0 Å². The zero-order valence-electron chi connectivity index (χ0n) is 20.2. The van der Waals surface area contributed by atoms with Crippen molar-refractivity contribution < 1.29 is 19.1 Å². The number of anilines is 1. The Balaban J connectivity index is 1.55. The zero-order chi connectivity index (χ0) is 26.4. The average molecular weight is 650 g/mol. The number of carbonyl (C=O) groups excluding carboxylic acids is 2. The molecule has 0 unspecified atom stereocenters. The second-order valence-electron chi connectivity index (χ2n) is 8.16. The van der Waals surface area contributed by atoms with Gasteiger partial charge in [0.1, 0.15) is 5.25 Å². The van der Waals surface area contributed by atoms with Crippen LogP contribution in [0.5, 0.6) is 11.5 Å². The minimum Gasteiger partial charge on any atom is -0.493 e. The lowest BCUT2D eigenvalue weighted by molar-refractivity contribution is -0.129. The number of carbonyl (C=O) groups is 2. The largest absolute Gasteiger partial charge is 0.493 e. The number of nitrogens with zero attached hydrogens (tertiary/aromatic N) is 2. The van der Waals surface area contributed by atoms with Gasteiger partial charge in [-0.3, -0.25) is 14.5 Å². The number of amides is 2. The molecule has 1 aliphatic heterocycles. The van der Waals surface area contributed by atoms with Crippen molar-refractivity contribution in [3.05, 3.63) is 80.9 Å². The minimum absolute atomic E-state index is 0.0758. The molecule has 4 rings (SSSR count). The fourth-order valence-electron chi connectivity index (χ4n) is 3.72. The maximum atomic E-state index is 13.3. The molecule has 1 heterocycles. The van der Waals surface area contributed by atoms with Gasteiger partial charge in [0.25, 0.3) is 0 Å². The van der Waals surface area contributed by atoms with E-state index in [1.807, 2.05) is 42.5 Å². The summed E-state index contributed by atoms with van der Waals surface area (Å²) in [4.78, 5) is 32.7. The van der Waals surface area contributed by atoms with Gasteiger partial charge in [0.05, 0.1) is 19.9 Å². The van der Waals surface area contributed by atoms with Gasteiger partial charge in [-0.2, -0.15) is 0 Å². The SMILES string of the molecule is COc1ccc(CCN2C(=O)C[C@@H](C(=O)Nc3ccc(I)cc3)SC2=Nc2ccc(Cl)cc2)cc1OC. The van der Waals surface area contributed by atoms with Gasteiger partial charge in [-0.15, -0.1) is 0 Å². The number of benzene rings is 3. The predicted molar refractivity (Wildman–Crippen MR) is 157 cm³/mol. The van der Waals surface area contributed by atoms with Crippen molar-refractivity contribution in [3.63, 3.8) is 0 Å². The topological polar surface area (TPSA) is 80.2 Å². The number of amidine groups is 1. The van der Waals surface area contributed by atoms with Gasteiger partial charge in [0.2, 0.25) is 11.8 Å². The highest BCUT2D eigenvalue weighted by atomic mass is 127. The molecule has 1 N–H and O–H groups in total. The quantitative estimate of drug-likeness (QED) is 0.296. The number of ether oxygens (including phenoxy) is 2. The molecule has 3 aromatic carbocycles. The molecule has 0 saturated carbocycles. The van der Waals surface area contributed by atoms with Crippen LogP contribution in [0, 0.1) is 3.57 Å². The Kier molecular flexibility index (Phi) is 9.33. The van der Waals surface area contributed by atoms with E-state index in [4.69, 9.17) is 26.1 Å². The molecule has 10 heteroatoms. The van der Waals surface area contributed by atoms with E-state index in [-0.39, 0.29) is 18.2 Å². The normalized spacial score (nSPS) is 16.5. The monoisotopic (exact) mass is 649 g/mol. The third-order valence-electron chi connectivity index (χ3n) is 5.67. The summed E-state index contributed by atoms with van der Waals surface area (Å²) in [7, 11) is 3.18. The molecule has 192 valence electrons. The Morgan fingerprint density at radius 1 is 1.08 bits per heavy atom. The molecule has 0 aliphatic carbocycles. The third kappa shape index (κ3) is 7.18. The van der Waals surface area contributed by atoms with Gasteiger partial charge in [-0.1, -0.05) is 29.4 Å². The van der Waals surface area contributed by atoms with E-state index in [0.29, 0.717) is 46.0 Å². The van der Waals surface area contributed by atoms with Crippen LogP contribution >= 0.6 is 46.0 Å². The summed E-state index contributed by atoms with van der Waals surface area (Å²) in [6, 6.07) is 20.2. The van der Waals surface area contributed by atoms with Crippen LogP contribution in [0.4, 0.5) is 11.4 Å². The highest BCUT2D eigenvalue weighted by Crippen LogP contribution is 2.32. The van der Waals surface area contributed by atoms with Crippen molar-refractivity contribution in [3.8, 4) is 11.5 Å². The first kappa shape index (κ1) is 27.3. The number of rotatable bonds is 8. The first-order valence-corrected chi connectivity index (χ1v) is 13.8.